The number of nitrogens with two attached hydrogens (primary N) is 1. The van der Waals surface area contributed by atoms with Crippen molar-refractivity contribution < 1.29 is 14.7 Å². The summed E-state index contributed by atoms with van der Waals surface area (Å²) < 4.78 is 0. The van der Waals surface area contributed by atoms with Gasteiger partial charge in [0.05, 0.1) is 0 Å². The van der Waals surface area contributed by atoms with Crippen LogP contribution in [0.15, 0.2) is 0 Å². The number of Topliss-reactive ketones (excluding diaryl/α,β-unsaturated/α-hetero) is 1. The van der Waals surface area contributed by atoms with Gasteiger partial charge in [0.25, 0.3) is 0 Å². The van der Waals surface area contributed by atoms with E-state index in [2.05, 4.69) is 5.73 Å². The number of hydrogen-bond acceptors (Lipinski definition) is 3. The van der Waals surface area contributed by atoms with E-state index in [1.807, 2.05) is 0 Å². The molecule has 9 heavy (non-hydrogen) atoms. The molecule has 0 saturated heterocycles. The third kappa shape index (κ3) is 3.66. The number of carbonyl (C=O) groups excluding carboxylic acids is 2. The Balaban J connectivity index is 3.63. The second-order valence-electron chi connectivity index (χ2n) is 1.82. The largest absolute Gasteiger partial charge is 0.383 e. The Morgan fingerprint density at radius 1 is 1.67 bits per heavy atom. The fourth-order valence-corrected chi connectivity index (χ4v) is 0.373. The van der Waals surface area contributed by atoms with Crippen LogP contribution in [0.1, 0.15) is 13.3 Å². The number of primary amides is 1. The Bertz CT molecular complexity index is 132. The van der Waals surface area contributed by atoms with Crippen molar-refractivity contribution in [3.8, 4) is 0 Å². The van der Waals surface area contributed by atoms with Crippen LogP contribution >= 0.6 is 0 Å². The Hall–Kier alpha value is -0.900. The Kier molecular flexibility index (Phi) is 2.87. The molecular weight excluding hydrogens is 122 g/mol. The lowest BCUT2D eigenvalue weighted by Crippen LogP contribution is -2.29. The molecule has 0 saturated carbocycles. The summed E-state index contributed by atoms with van der Waals surface area (Å²) in [6, 6.07) is 0. The quantitative estimate of drug-likeness (QED) is 0.505. The monoisotopic (exact) mass is 131 g/mol. The summed E-state index contributed by atoms with van der Waals surface area (Å²) in [5.41, 5.74) is 4.64. The van der Waals surface area contributed by atoms with Crippen molar-refractivity contribution >= 4 is 11.7 Å². The molecule has 0 rings (SSSR count). The predicted octanol–water partition coefficient (Wildman–Crippen LogP) is -1.19. The van der Waals surface area contributed by atoms with Gasteiger partial charge in [0.2, 0.25) is 5.91 Å². The van der Waals surface area contributed by atoms with E-state index in [0.717, 1.165) is 0 Å². The SMILES string of the molecule is CC(=O)CC(O)C(N)=O. The van der Waals surface area contributed by atoms with Gasteiger partial charge >= 0.3 is 0 Å². The maximum Gasteiger partial charge on any atom is 0.246 e. The van der Waals surface area contributed by atoms with Crippen molar-refractivity contribution in [2.24, 2.45) is 5.73 Å². The number of carbonyl (C=O) groups is 2. The second-order valence-corrected chi connectivity index (χ2v) is 1.82. The second kappa shape index (κ2) is 3.19. The van der Waals surface area contributed by atoms with Gasteiger partial charge in [-0.25, -0.2) is 0 Å². The first kappa shape index (κ1) is 8.10. The normalized spacial score (nSPS) is 12.7. The van der Waals surface area contributed by atoms with Crippen molar-refractivity contribution in [2.75, 3.05) is 0 Å². The number of amides is 1. The summed E-state index contributed by atoms with van der Waals surface area (Å²) in [6.07, 6.45) is -1.50. The van der Waals surface area contributed by atoms with Crippen LogP contribution in [0.5, 0.6) is 0 Å². The van der Waals surface area contributed by atoms with Crippen molar-refractivity contribution in [2.45, 2.75) is 19.4 Å². The molecule has 0 radical (unpaired) electrons. The first-order chi connectivity index (χ1) is 4.04. The lowest BCUT2D eigenvalue weighted by molar-refractivity contribution is -0.130. The van der Waals surface area contributed by atoms with E-state index in [-0.39, 0.29) is 12.2 Å². The number of ketones is 1. The molecule has 0 aliphatic heterocycles. The highest BCUT2D eigenvalue weighted by atomic mass is 16.3. The number of hydrogen-bond donors (Lipinski definition) is 2. The Labute approximate surface area is 52.7 Å². The highest BCUT2D eigenvalue weighted by Crippen LogP contribution is 1.89. The maximum atomic E-state index is 10.2. The molecule has 0 aliphatic carbocycles. The van der Waals surface area contributed by atoms with Gasteiger partial charge in [-0.15, -0.1) is 0 Å². The lowest BCUT2D eigenvalue weighted by Gasteiger charge is -2.00. The zero-order valence-electron chi connectivity index (χ0n) is 5.13. The van der Waals surface area contributed by atoms with Gasteiger partial charge in [0.15, 0.2) is 0 Å². The maximum absolute atomic E-state index is 10.2. The van der Waals surface area contributed by atoms with Crippen LogP contribution in [0.3, 0.4) is 0 Å². The van der Waals surface area contributed by atoms with Gasteiger partial charge < -0.3 is 10.8 Å². The lowest BCUT2D eigenvalue weighted by atomic mass is 10.2. The first-order valence-electron chi connectivity index (χ1n) is 2.51. The van der Waals surface area contributed by atoms with Gasteiger partial charge in [0.1, 0.15) is 11.9 Å². The smallest absolute Gasteiger partial charge is 0.246 e. The molecule has 4 nitrogen and oxygen atoms in total. The molecule has 0 bridgehead atoms. The predicted molar refractivity (Wildman–Crippen MR) is 30.5 cm³/mol. The van der Waals surface area contributed by atoms with E-state index in [1.165, 1.54) is 6.92 Å². The van der Waals surface area contributed by atoms with E-state index >= 15 is 0 Å². The zero-order chi connectivity index (χ0) is 7.44. The molecule has 0 aliphatic rings. The van der Waals surface area contributed by atoms with Crippen LogP contribution in [0.4, 0.5) is 0 Å². The molecule has 3 N–H and O–H groups in total. The molecule has 0 heterocycles. The Morgan fingerprint density at radius 2 is 2.11 bits per heavy atom. The van der Waals surface area contributed by atoms with E-state index in [0.29, 0.717) is 0 Å². The van der Waals surface area contributed by atoms with E-state index in [4.69, 9.17) is 5.11 Å². The first-order valence-corrected chi connectivity index (χ1v) is 2.51. The minimum absolute atomic E-state index is 0.185. The number of aliphatic hydroxyl groups is 1. The molecular formula is C5H9NO3. The van der Waals surface area contributed by atoms with Gasteiger partial charge in [-0.05, 0) is 6.92 Å². The van der Waals surface area contributed by atoms with E-state index < -0.39 is 12.0 Å². The fourth-order valence-electron chi connectivity index (χ4n) is 0.373. The standard InChI is InChI=1S/C5H9NO3/c1-3(7)2-4(8)5(6)9/h4,8H,2H2,1H3,(H2,6,9). The topological polar surface area (TPSA) is 80.4 Å². The summed E-state index contributed by atoms with van der Waals surface area (Å²) in [5, 5.41) is 8.60. The van der Waals surface area contributed by atoms with Crippen LogP contribution in [0, 0.1) is 0 Å². The molecule has 0 aromatic carbocycles. The fraction of sp³-hybridized carbons (Fsp3) is 0.600. The molecule has 1 atom stereocenters. The highest BCUT2D eigenvalue weighted by Gasteiger charge is 2.11. The zero-order valence-corrected chi connectivity index (χ0v) is 5.13. The summed E-state index contributed by atoms with van der Waals surface area (Å²) >= 11 is 0. The van der Waals surface area contributed by atoms with Gasteiger partial charge in [-0.1, -0.05) is 0 Å². The Morgan fingerprint density at radius 3 is 2.22 bits per heavy atom. The van der Waals surface area contributed by atoms with Crippen LogP contribution < -0.4 is 5.73 Å². The summed E-state index contributed by atoms with van der Waals surface area (Å²) in [6.45, 7) is 1.28. The van der Waals surface area contributed by atoms with Crippen molar-refractivity contribution in [1.82, 2.24) is 0 Å². The average molecular weight is 131 g/mol. The summed E-state index contributed by atoms with van der Waals surface area (Å²) in [7, 11) is 0. The van der Waals surface area contributed by atoms with Gasteiger partial charge in [-0.2, -0.15) is 0 Å². The molecule has 52 valence electrons. The third-order valence-electron chi connectivity index (χ3n) is 0.809. The van der Waals surface area contributed by atoms with Crippen molar-refractivity contribution in [3.63, 3.8) is 0 Å². The minimum atomic E-state index is -1.32. The highest BCUT2D eigenvalue weighted by molar-refractivity contribution is 5.86. The number of aliphatic hydroxyl groups excluding tert-OH is 1. The van der Waals surface area contributed by atoms with E-state index in [9.17, 15) is 9.59 Å². The molecule has 0 fully saturated rings. The molecule has 0 aromatic rings. The van der Waals surface area contributed by atoms with Crippen LogP contribution in [-0.2, 0) is 9.59 Å². The molecule has 0 aromatic heterocycles. The van der Waals surface area contributed by atoms with E-state index in [1.54, 1.807) is 0 Å². The molecule has 1 unspecified atom stereocenters. The molecule has 4 heteroatoms. The van der Waals surface area contributed by atoms with Crippen molar-refractivity contribution in [1.29, 1.82) is 0 Å². The average Bonchev–Trinajstić information content (AvgIpc) is 1.63. The van der Waals surface area contributed by atoms with Crippen LogP contribution in [0.2, 0.25) is 0 Å². The van der Waals surface area contributed by atoms with Crippen LogP contribution in [-0.4, -0.2) is 22.9 Å². The molecule has 1 amide bonds. The summed E-state index contributed by atoms with van der Waals surface area (Å²) in [5.74, 6) is -1.11. The van der Waals surface area contributed by atoms with Gasteiger partial charge in [0, 0.05) is 6.42 Å². The van der Waals surface area contributed by atoms with Crippen LogP contribution in [0.25, 0.3) is 0 Å². The number of rotatable bonds is 3. The summed E-state index contributed by atoms with van der Waals surface area (Å²) in [4.78, 5) is 20.2. The van der Waals surface area contributed by atoms with Gasteiger partial charge in [-0.3, -0.25) is 9.59 Å². The van der Waals surface area contributed by atoms with Crippen molar-refractivity contribution in [3.05, 3.63) is 0 Å². The minimum Gasteiger partial charge on any atom is -0.383 e. The third-order valence-corrected chi connectivity index (χ3v) is 0.809. The molecule has 0 spiro atoms.